The van der Waals surface area contributed by atoms with Crippen molar-refractivity contribution < 1.29 is 4.79 Å². The molecule has 3 heteroatoms. The molecule has 2 atom stereocenters. The highest BCUT2D eigenvalue weighted by Crippen LogP contribution is 2.54. The number of hydrogen-bond donors (Lipinski definition) is 0. The average Bonchev–Trinajstić information content (AvgIpc) is 2.21. The van der Waals surface area contributed by atoms with Gasteiger partial charge in [-0.2, -0.15) is 0 Å². The molecule has 2 bridgehead atoms. The van der Waals surface area contributed by atoms with E-state index in [2.05, 4.69) is 0 Å². The maximum absolute atomic E-state index is 11.0. The molecule has 0 saturated heterocycles. The summed E-state index contributed by atoms with van der Waals surface area (Å²) in [5, 5.41) is 0. The van der Waals surface area contributed by atoms with Crippen molar-refractivity contribution in [2.45, 2.75) is 23.6 Å². The van der Waals surface area contributed by atoms with E-state index < -0.39 is 4.33 Å². The molecule has 2 aliphatic carbocycles. The van der Waals surface area contributed by atoms with E-state index in [-0.39, 0.29) is 11.8 Å². The van der Waals surface area contributed by atoms with Crippen molar-refractivity contribution >= 4 is 29.0 Å². The predicted octanol–water partition coefficient (Wildman–Crippen LogP) is 2.16. The number of alkyl halides is 2. The van der Waals surface area contributed by atoms with Gasteiger partial charge in [0.25, 0.3) is 0 Å². The first-order chi connectivity index (χ1) is 4.59. The minimum absolute atomic E-state index is 0.181. The highest BCUT2D eigenvalue weighted by Gasteiger charge is 2.53. The number of rotatable bonds is 0. The topological polar surface area (TPSA) is 17.1 Å². The molecular weight excluding hydrogens is 171 g/mol. The van der Waals surface area contributed by atoms with Crippen molar-refractivity contribution in [1.29, 1.82) is 0 Å². The Bertz CT molecular complexity index is 188. The summed E-state index contributed by atoms with van der Waals surface area (Å²) in [6.07, 6.45) is 2.21. The van der Waals surface area contributed by atoms with Crippen LogP contribution < -0.4 is 0 Å². The lowest BCUT2D eigenvalue weighted by atomic mass is 9.98. The summed E-state index contributed by atoms with van der Waals surface area (Å²) in [5.41, 5.74) is 0. The molecule has 2 saturated carbocycles. The van der Waals surface area contributed by atoms with E-state index in [1.54, 1.807) is 0 Å². The first-order valence-corrected chi connectivity index (χ1v) is 4.26. The van der Waals surface area contributed by atoms with E-state index in [0.717, 1.165) is 6.42 Å². The van der Waals surface area contributed by atoms with Crippen LogP contribution in [0.4, 0.5) is 0 Å². The fourth-order valence-electron chi connectivity index (χ4n) is 1.98. The highest BCUT2D eigenvalue weighted by molar-refractivity contribution is 6.49. The minimum atomic E-state index is -0.585. The Morgan fingerprint density at radius 2 is 2.20 bits per heavy atom. The monoisotopic (exact) mass is 178 g/mol. The van der Waals surface area contributed by atoms with Gasteiger partial charge in [-0.1, -0.05) is 0 Å². The second-order valence-corrected chi connectivity index (χ2v) is 4.81. The average molecular weight is 179 g/mol. The van der Waals surface area contributed by atoms with Gasteiger partial charge < -0.3 is 0 Å². The van der Waals surface area contributed by atoms with Crippen LogP contribution in [0.25, 0.3) is 0 Å². The van der Waals surface area contributed by atoms with Gasteiger partial charge in [0.2, 0.25) is 0 Å². The first kappa shape index (κ1) is 6.93. The molecular formula is C7H8Cl2O. The van der Waals surface area contributed by atoms with Crippen molar-refractivity contribution in [1.82, 2.24) is 0 Å². The van der Waals surface area contributed by atoms with Gasteiger partial charge in [0, 0.05) is 12.3 Å². The van der Waals surface area contributed by atoms with Gasteiger partial charge in [-0.05, 0) is 18.8 Å². The van der Waals surface area contributed by atoms with Crippen LogP contribution in [0.2, 0.25) is 0 Å². The molecule has 0 amide bonds. The molecule has 10 heavy (non-hydrogen) atoms. The van der Waals surface area contributed by atoms with Crippen LogP contribution in [0, 0.1) is 11.8 Å². The standard InChI is InChI=1S/C7H8Cl2O/c8-7(9)3-4-1-5(7)2-6(4)10/h4-5H,1-3H2/t4-,5-/m0/s1. The quantitative estimate of drug-likeness (QED) is 0.520. The number of halogens is 2. The lowest BCUT2D eigenvalue weighted by molar-refractivity contribution is -0.121. The van der Waals surface area contributed by atoms with Crippen LogP contribution in [0.5, 0.6) is 0 Å². The van der Waals surface area contributed by atoms with Crippen molar-refractivity contribution in [3.8, 4) is 0 Å². The maximum Gasteiger partial charge on any atom is 0.136 e. The third-order valence-electron chi connectivity index (χ3n) is 2.59. The third-order valence-corrected chi connectivity index (χ3v) is 3.51. The molecule has 0 spiro atoms. The summed E-state index contributed by atoms with van der Waals surface area (Å²) in [4.78, 5) is 11.0. The van der Waals surface area contributed by atoms with Gasteiger partial charge in [-0.3, -0.25) is 4.79 Å². The van der Waals surface area contributed by atoms with Gasteiger partial charge >= 0.3 is 0 Å². The normalized spacial score (nSPS) is 42.8. The Hall–Kier alpha value is 0.250. The van der Waals surface area contributed by atoms with E-state index in [4.69, 9.17) is 23.2 Å². The highest BCUT2D eigenvalue weighted by atomic mass is 35.5. The zero-order valence-electron chi connectivity index (χ0n) is 5.44. The Kier molecular flexibility index (Phi) is 1.31. The summed E-state index contributed by atoms with van der Waals surface area (Å²) in [5.74, 6) is 0.787. The van der Waals surface area contributed by atoms with E-state index in [1.807, 2.05) is 0 Å². The van der Waals surface area contributed by atoms with Crippen molar-refractivity contribution in [2.24, 2.45) is 11.8 Å². The SMILES string of the molecule is O=C1C[C@@H]2C[C@H]1CC2(Cl)Cl. The Balaban J connectivity index is 2.24. The fourth-order valence-corrected chi connectivity index (χ4v) is 2.69. The fraction of sp³-hybridized carbons (Fsp3) is 0.857. The second kappa shape index (κ2) is 1.89. The number of Topliss-reactive ketones (excluding diaryl/α,β-unsaturated/α-hetero) is 1. The molecule has 1 nitrogen and oxygen atoms in total. The van der Waals surface area contributed by atoms with Gasteiger partial charge in [0.1, 0.15) is 10.1 Å². The first-order valence-electron chi connectivity index (χ1n) is 3.50. The number of carbonyl (C=O) groups excluding carboxylic acids is 1. The summed E-state index contributed by atoms with van der Waals surface area (Å²) < 4.78 is -0.585. The molecule has 0 radical (unpaired) electrons. The zero-order chi connectivity index (χ0) is 7.35. The summed E-state index contributed by atoms with van der Waals surface area (Å²) >= 11 is 11.9. The predicted molar refractivity (Wildman–Crippen MR) is 40.3 cm³/mol. The lowest BCUT2D eigenvalue weighted by Crippen LogP contribution is -2.25. The zero-order valence-corrected chi connectivity index (χ0v) is 6.95. The molecule has 0 N–H and O–H groups in total. The van der Waals surface area contributed by atoms with Gasteiger partial charge in [-0.15, -0.1) is 23.2 Å². The molecule has 0 unspecified atom stereocenters. The van der Waals surface area contributed by atoms with Crippen molar-refractivity contribution in [2.75, 3.05) is 0 Å². The molecule has 0 aromatic heterocycles. The molecule has 2 rings (SSSR count). The summed E-state index contributed by atoms with van der Waals surface area (Å²) in [6, 6.07) is 0. The molecule has 2 aliphatic rings. The minimum Gasteiger partial charge on any atom is -0.299 e. The molecule has 0 aliphatic heterocycles. The lowest BCUT2D eigenvalue weighted by Gasteiger charge is -2.22. The van der Waals surface area contributed by atoms with Crippen LogP contribution in [0.15, 0.2) is 0 Å². The van der Waals surface area contributed by atoms with Crippen molar-refractivity contribution in [3.05, 3.63) is 0 Å². The van der Waals surface area contributed by atoms with E-state index in [9.17, 15) is 4.79 Å². The van der Waals surface area contributed by atoms with Crippen LogP contribution in [-0.4, -0.2) is 10.1 Å². The van der Waals surface area contributed by atoms with Gasteiger partial charge in [0.15, 0.2) is 0 Å². The van der Waals surface area contributed by atoms with E-state index in [1.165, 1.54) is 0 Å². The van der Waals surface area contributed by atoms with E-state index >= 15 is 0 Å². The van der Waals surface area contributed by atoms with Crippen LogP contribution in [0.1, 0.15) is 19.3 Å². The molecule has 56 valence electrons. The van der Waals surface area contributed by atoms with Crippen LogP contribution in [0.3, 0.4) is 0 Å². The molecule has 0 aromatic carbocycles. The smallest absolute Gasteiger partial charge is 0.136 e. The summed E-state index contributed by atoms with van der Waals surface area (Å²) in [6.45, 7) is 0. The van der Waals surface area contributed by atoms with Gasteiger partial charge in [0.05, 0.1) is 0 Å². The van der Waals surface area contributed by atoms with Crippen molar-refractivity contribution in [3.63, 3.8) is 0 Å². The molecule has 2 fully saturated rings. The third kappa shape index (κ3) is 0.802. The number of carbonyl (C=O) groups is 1. The Labute approximate surface area is 69.7 Å². The number of hydrogen-bond acceptors (Lipinski definition) is 1. The summed E-state index contributed by atoms with van der Waals surface area (Å²) in [7, 11) is 0. The molecule has 0 heterocycles. The maximum atomic E-state index is 11.0. The largest absolute Gasteiger partial charge is 0.299 e. The van der Waals surface area contributed by atoms with Gasteiger partial charge in [-0.25, -0.2) is 0 Å². The Morgan fingerprint density at radius 1 is 1.50 bits per heavy atom. The Morgan fingerprint density at radius 3 is 2.50 bits per heavy atom. The molecule has 0 aromatic rings. The van der Waals surface area contributed by atoms with Crippen LogP contribution >= 0.6 is 23.2 Å². The van der Waals surface area contributed by atoms with Crippen LogP contribution in [-0.2, 0) is 4.79 Å². The second-order valence-electron chi connectivity index (χ2n) is 3.27. The van der Waals surface area contributed by atoms with E-state index in [0.29, 0.717) is 18.6 Å². The number of ketones is 1. The number of fused-ring (bicyclic) bond motifs is 2.